The molecule has 0 spiro atoms. The molecular weight excluding hydrogens is 204 g/mol. The zero-order valence-electron chi connectivity index (χ0n) is 8.93. The third-order valence-electron chi connectivity index (χ3n) is 2.75. The summed E-state index contributed by atoms with van der Waals surface area (Å²) >= 11 is 0. The fraction of sp³-hybridized carbons (Fsp3) is 0.500. The maximum Gasteiger partial charge on any atom is 0.138 e. The first-order valence-corrected chi connectivity index (χ1v) is 5.49. The molecule has 0 unspecified atom stereocenters. The second-order valence-corrected chi connectivity index (χ2v) is 4.06. The summed E-state index contributed by atoms with van der Waals surface area (Å²) in [4.78, 5) is 8.24. The third kappa shape index (κ3) is 1.96. The predicted molar refractivity (Wildman–Crippen MR) is 57.4 cm³/mol. The molecule has 2 aromatic heterocycles. The Morgan fingerprint density at radius 3 is 3.12 bits per heavy atom. The summed E-state index contributed by atoms with van der Waals surface area (Å²) in [6, 6.07) is 0.685. The first-order chi connectivity index (χ1) is 7.93. The van der Waals surface area contributed by atoms with Gasteiger partial charge in [-0.25, -0.2) is 9.97 Å². The van der Waals surface area contributed by atoms with Crippen LogP contribution in [0, 0.1) is 0 Å². The molecule has 0 amide bonds. The van der Waals surface area contributed by atoms with Gasteiger partial charge < -0.3 is 9.88 Å². The first-order valence-electron chi connectivity index (χ1n) is 5.49. The Kier molecular flexibility index (Phi) is 2.41. The Hall–Kier alpha value is -1.69. The van der Waals surface area contributed by atoms with Crippen molar-refractivity contribution in [3.05, 3.63) is 30.4 Å². The van der Waals surface area contributed by atoms with Crippen LogP contribution in [-0.4, -0.2) is 24.7 Å². The molecule has 0 atom stereocenters. The van der Waals surface area contributed by atoms with Gasteiger partial charge >= 0.3 is 0 Å². The molecule has 3 rings (SSSR count). The van der Waals surface area contributed by atoms with Crippen LogP contribution in [0.3, 0.4) is 0 Å². The van der Waals surface area contributed by atoms with Gasteiger partial charge in [0.05, 0.1) is 18.6 Å². The van der Waals surface area contributed by atoms with Crippen molar-refractivity contribution in [1.82, 2.24) is 30.0 Å². The maximum atomic E-state index is 4.19. The van der Waals surface area contributed by atoms with Crippen LogP contribution in [0.5, 0.6) is 0 Å². The molecule has 84 valence electrons. The minimum absolute atomic E-state index is 0.685. The number of H-pyrrole nitrogens is 1. The largest absolute Gasteiger partial charge is 0.330 e. The topological polar surface area (TPSA) is 71.4 Å². The molecule has 2 N–H and O–H groups in total. The summed E-state index contributed by atoms with van der Waals surface area (Å²) in [5.41, 5.74) is 1.24. The van der Waals surface area contributed by atoms with Gasteiger partial charge in [-0.3, -0.25) is 5.10 Å². The van der Waals surface area contributed by atoms with Crippen molar-refractivity contribution < 1.29 is 0 Å². The number of aromatic nitrogens is 5. The van der Waals surface area contributed by atoms with Crippen molar-refractivity contribution in [3.8, 4) is 0 Å². The highest BCUT2D eigenvalue weighted by molar-refractivity contribution is 5.03. The van der Waals surface area contributed by atoms with E-state index in [1.807, 2.05) is 12.5 Å². The molecule has 16 heavy (non-hydrogen) atoms. The third-order valence-corrected chi connectivity index (χ3v) is 2.75. The minimum atomic E-state index is 0.685. The van der Waals surface area contributed by atoms with Crippen molar-refractivity contribution in [2.75, 3.05) is 0 Å². The van der Waals surface area contributed by atoms with E-state index in [0.717, 1.165) is 12.4 Å². The van der Waals surface area contributed by atoms with Gasteiger partial charge in [0.2, 0.25) is 0 Å². The van der Waals surface area contributed by atoms with Gasteiger partial charge in [-0.2, -0.15) is 5.10 Å². The van der Waals surface area contributed by atoms with Gasteiger partial charge in [0, 0.05) is 18.8 Å². The van der Waals surface area contributed by atoms with Gasteiger partial charge in [0.25, 0.3) is 0 Å². The predicted octanol–water partition coefficient (Wildman–Crippen LogP) is 0.626. The number of aromatic amines is 1. The average molecular weight is 218 g/mol. The maximum absolute atomic E-state index is 4.19. The summed E-state index contributed by atoms with van der Waals surface area (Å²) < 4.78 is 2.26. The molecule has 2 aromatic rings. The lowest BCUT2D eigenvalue weighted by Gasteiger charge is -2.06. The van der Waals surface area contributed by atoms with Crippen LogP contribution in [-0.2, 0) is 13.1 Å². The van der Waals surface area contributed by atoms with Gasteiger partial charge in [0.15, 0.2) is 0 Å². The second kappa shape index (κ2) is 4.05. The summed E-state index contributed by atoms with van der Waals surface area (Å²) in [6.07, 6.45) is 7.93. The molecule has 2 heterocycles. The Morgan fingerprint density at radius 2 is 2.38 bits per heavy atom. The average Bonchev–Trinajstić information content (AvgIpc) is 2.82. The van der Waals surface area contributed by atoms with E-state index in [4.69, 9.17) is 0 Å². The molecule has 1 saturated carbocycles. The van der Waals surface area contributed by atoms with Crippen LogP contribution in [0.1, 0.15) is 30.4 Å². The van der Waals surface area contributed by atoms with Crippen LogP contribution in [0.25, 0.3) is 0 Å². The van der Waals surface area contributed by atoms with E-state index in [1.165, 1.54) is 24.9 Å². The highest BCUT2D eigenvalue weighted by atomic mass is 15.2. The summed E-state index contributed by atoms with van der Waals surface area (Å²) in [6.45, 7) is 1.52. The highest BCUT2D eigenvalue weighted by Gasteiger charge is 2.24. The van der Waals surface area contributed by atoms with Gasteiger partial charge in [-0.05, 0) is 12.8 Å². The van der Waals surface area contributed by atoms with E-state index >= 15 is 0 Å². The summed E-state index contributed by atoms with van der Waals surface area (Å²) in [7, 11) is 0. The Balaban J connectivity index is 1.56. The van der Waals surface area contributed by atoms with Gasteiger partial charge in [-0.1, -0.05) is 0 Å². The van der Waals surface area contributed by atoms with Crippen molar-refractivity contribution in [1.29, 1.82) is 0 Å². The second-order valence-electron chi connectivity index (χ2n) is 4.06. The van der Waals surface area contributed by atoms with E-state index in [-0.39, 0.29) is 0 Å². The Labute approximate surface area is 93.1 Å². The smallest absolute Gasteiger partial charge is 0.138 e. The number of hydrogen-bond donors (Lipinski definition) is 2. The van der Waals surface area contributed by atoms with Crippen LogP contribution in [0.15, 0.2) is 18.9 Å². The molecule has 0 bridgehead atoms. The number of nitrogens with zero attached hydrogens (tertiary/aromatic N) is 4. The molecule has 0 radical (unpaired) electrons. The summed E-state index contributed by atoms with van der Waals surface area (Å²) in [5, 5.41) is 9.94. The molecule has 1 aliphatic carbocycles. The zero-order chi connectivity index (χ0) is 10.8. The molecule has 6 heteroatoms. The van der Waals surface area contributed by atoms with Crippen molar-refractivity contribution in [2.24, 2.45) is 0 Å². The molecule has 0 aromatic carbocycles. The zero-order valence-corrected chi connectivity index (χ0v) is 8.93. The minimum Gasteiger partial charge on any atom is -0.330 e. The van der Waals surface area contributed by atoms with Crippen LogP contribution >= 0.6 is 0 Å². The van der Waals surface area contributed by atoms with E-state index < -0.39 is 0 Å². The van der Waals surface area contributed by atoms with Crippen LogP contribution in [0.2, 0.25) is 0 Å². The lowest BCUT2D eigenvalue weighted by atomic mass is 10.4. The highest BCUT2D eigenvalue weighted by Crippen LogP contribution is 2.35. The molecule has 0 saturated heterocycles. The number of rotatable bonds is 5. The molecule has 6 nitrogen and oxygen atoms in total. The monoisotopic (exact) mass is 218 g/mol. The fourth-order valence-corrected chi connectivity index (χ4v) is 1.78. The number of hydrogen-bond acceptors (Lipinski definition) is 4. The Morgan fingerprint density at radius 1 is 1.44 bits per heavy atom. The molecule has 1 fully saturated rings. The van der Waals surface area contributed by atoms with E-state index in [0.29, 0.717) is 12.6 Å². The van der Waals surface area contributed by atoms with Crippen LogP contribution < -0.4 is 5.32 Å². The number of imidazole rings is 1. The van der Waals surface area contributed by atoms with E-state index in [9.17, 15) is 0 Å². The van der Waals surface area contributed by atoms with Crippen molar-refractivity contribution in [2.45, 2.75) is 32.0 Å². The lowest BCUT2D eigenvalue weighted by Crippen LogP contribution is -2.16. The lowest BCUT2D eigenvalue weighted by molar-refractivity contribution is 0.608. The van der Waals surface area contributed by atoms with E-state index in [2.05, 4.69) is 30.0 Å². The van der Waals surface area contributed by atoms with Gasteiger partial charge in [0.1, 0.15) is 12.2 Å². The molecule has 0 aliphatic heterocycles. The SMILES string of the molecule is c1n[nH]c(CNCc2cncn2C2CC2)n1. The fourth-order valence-electron chi connectivity index (χ4n) is 1.78. The van der Waals surface area contributed by atoms with Gasteiger partial charge in [-0.15, -0.1) is 0 Å². The van der Waals surface area contributed by atoms with Crippen molar-refractivity contribution in [3.63, 3.8) is 0 Å². The van der Waals surface area contributed by atoms with Crippen molar-refractivity contribution >= 4 is 0 Å². The van der Waals surface area contributed by atoms with Crippen LogP contribution in [0.4, 0.5) is 0 Å². The molecular formula is C10H14N6. The Bertz CT molecular complexity index is 442. The van der Waals surface area contributed by atoms with E-state index in [1.54, 1.807) is 0 Å². The first kappa shape index (κ1) is 9.53. The number of nitrogens with one attached hydrogen (secondary N) is 2. The molecule has 1 aliphatic rings. The standard InChI is InChI=1S/C10H14N6/c1-2-8(1)16-7-12-4-9(16)3-11-5-10-13-6-14-15-10/h4,6-8,11H,1-3,5H2,(H,13,14,15). The quantitative estimate of drug-likeness (QED) is 0.772. The summed E-state index contributed by atoms with van der Waals surface area (Å²) in [5.74, 6) is 0.859. The normalized spacial score (nSPS) is 15.5.